The molecule has 0 amide bonds. The van der Waals surface area contributed by atoms with Gasteiger partial charge in [0.2, 0.25) is 0 Å². The molecule has 2 N–H and O–H groups in total. The molecule has 0 aliphatic rings. The van der Waals surface area contributed by atoms with E-state index >= 15 is 0 Å². The number of carbonyl (C=O) groups is 1. The fraction of sp³-hybridized carbons (Fsp3) is 0.667. The maximum absolute atomic E-state index is 10.9. The molecule has 0 aromatic carbocycles. The van der Waals surface area contributed by atoms with Crippen LogP contribution in [-0.2, 0) is 9.53 Å². The molecule has 0 saturated heterocycles. The average Bonchev–Trinajstić information content (AvgIpc) is 1.79. The SMILES string of the molecule is CC(N)C#CC(=O)OC(C)(C)C. The van der Waals surface area contributed by atoms with Gasteiger partial charge < -0.3 is 10.5 Å². The third-order valence-corrected chi connectivity index (χ3v) is 0.801. The van der Waals surface area contributed by atoms with Gasteiger partial charge in [0.25, 0.3) is 0 Å². The van der Waals surface area contributed by atoms with Crippen LogP contribution < -0.4 is 5.73 Å². The van der Waals surface area contributed by atoms with E-state index in [9.17, 15) is 4.79 Å². The Morgan fingerprint density at radius 3 is 2.33 bits per heavy atom. The van der Waals surface area contributed by atoms with Crippen molar-refractivity contribution < 1.29 is 9.53 Å². The molecule has 0 aromatic rings. The van der Waals surface area contributed by atoms with E-state index in [0.717, 1.165) is 0 Å². The summed E-state index contributed by atoms with van der Waals surface area (Å²) in [6.45, 7) is 7.08. The summed E-state index contributed by atoms with van der Waals surface area (Å²) >= 11 is 0. The van der Waals surface area contributed by atoms with Gasteiger partial charge >= 0.3 is 5.97 Å². The van der Waals surface area contributed by atoms with Crippen molar-refractivity contribution >= 4 is 5.97 Å². The minimum Gasteiger partial charge on any atom is -0.450 e. The van der Waals surface area contributed by atoms with Gasteiger partial charge in [-0.25, -0.2) is 4.79 Å². The Hall–Kier alpha value is -1.01. The Kier molecular flexibility index (Phi) is 3.78. The lowest BCUT2D eigenvalue weighted by atomic mass is 10.2. The zero-order valence-corrected chi connectivity index (χ0v) is 7.97. The Labute approximate surface area is 73.3 Å². The standard InChI is InChI=1S/C9H15NO2/c1-7(10)5-6-8(11)12-9(2,3)4/h7H,10H2,1-4H3. The van der Waals surface area contributed by atoms with Crippen molar-refractivity contribution in [1.82, 2.24) is 0 Å². The van der Waals surface area contributed by atoms with E-state index in [-0.39, 0.29) is 6.04 Å². The van der Waals surface area contributed by atoms with E-state index in [0.29, 0.717) is 0 Å². The summed E-state index contributed by atoms with van der Waals surface area (Å²) in [5.74, 6) is 4.30. The second kappa shape index (κ2) is 4.13. The van der Waals surface area contributed by atoms with Gasteiger partial charge in [-0.3, -0.25) is 0 Å². The van der Waals surface area contributed by atoms with Crippen LogP contribution in [-0.4, -0.2) is 17.6 Å². The molecule has 68 valence electrons. The molecule has 3 heteroatoms. The predicted octanol–water partition coefficient (Wildman–Crippen LogP) is 0.679. The first kappa shape index (κ1) is 11.0. The third-order valence-electron chi connectivity index (χ3n) is 0.801. The number of ether oxygens (including phenoxy) is 1. The summed E-state index contributed by atoms with van der Waals surface area (Å²) in [5, 5.41) is 0. The molecule has 0 radical (unpaired) electrons. The summed E-state index contributed by atoms with van der Waals surface area (Å²) in [4.78, 5) is 10.9. The summed E-state index contributed by atoms with van der Waals surface area (Å²) in [6, 6.07) is -0.294. The zero-order valence-electron chi connectivity index (χ0n) is 7.97. The molecular formula is C9H15NO2. The lowest BCUT2D eigenvalue weighted by molar-refractivity contribution is -0.147. The molecule has 0 fully saturated rings. The van der Waals surface area contributed by atoms with E-state index in [1.807, 2.05) is 0 Å². The fourth-order valence-electron chi connectivity index (χ4n) is 0.476. The molecule has 0 heterocycles. The molecule has 0 spiro atoms. The highest BCUT2D eigenvalue weighted by Gasteiger charge is 2.13. The molecule has 0 bridgehead atoms. The number of hydrogen-bond donors (Lipinski definition) is 1. The number of carbonyl (C=O) groups excluding carboxylic acids is 1. The molecule has 0 aromatic heterocycles. The van der Waals surface area contributed by atoms with Gasteiger partial charge in [-0.1, -0.05) is 5.92 Å². The maximum Gasteiger partial charge on any atom is 0.384 e. The largest absolute Gasteiger partial charge is 0.450 e. The van der Waals surface area contributed by atoms with Crippen LogP contribution in [0.3, 0.4) is 0 Å². The van der Waals surface area contributed by atoms with Crippen molar-refractivity contribution in [2.45, 2.75) is 39.3 Å². The first-order chi connectivity index (χ1) is 5.31. The van der Waals surface area contributed by atoms with Crippen molar-refractivity contribution in [1.29, 1.82) is 0 Å². The van der Waals surface area contributed by atoms with E-state index in [4.69, 9.17) is 10.5 Å². The van der Waals surface area contributed by atoms with Crippen LogP contribution in [0.25, 0.3) is 0 Å². The van der Waals surface area contributed by atoms with Gasteiger partial charge in [-0.2, -0.15) is 0 Å². The minimum atomic E-state index is -0.528. The van der Waals surface area contributed by atoms with E-state index in [2.05, 4.69) is 11.8 Å². The Morgan fingerprint density at radius 1 is 1.50 bits per heavy atom. The Morgan fingerprint density at radius 2 is 2.00 bits per heavy atom. The molecule has 0 rings (SSSR count). The summed E-state index contributed by atoms with van der Waals surface area (Å²) in [7, 11) is 0. The lowest BCUT2D eigenvalue weighted by Gasteiger charge is -2.16. The quantitative estimate of drug-likeness (QED) is 0.329. The molecule has 0 aliphatic heterocycles. The molecular weight excluding hydrogens is 154 g/mol. The molecule has 0 aliphatic carbocycles. The van der Waals surface area contributed by atoms with Crippen LogP contribution in [0.2, 0.25) is 0 Å². The minimum absolute atomic E-state index is 0.294. The number of nitrogens with two attached hydrogens (primary N) is 1. The van der Waals surface area contributed by atoms with Crippen molar-refractivity contribution in [2.24, 2.45) is 5.73 Å². The molecule has 0 saturated carbocycles. The van der Waals surface area contributed by atoms with Crippen molar-refractivity contribution in [3.8, 4) is 11.8 Å². The fourth-order valence-corrected chi connectivity index (χ4v) is 0.476. The normalized spacial score (nSPS) is 12.8. The lowest BCUT2D eigenvalue weighted by Crippen LogP contribution is -2.23. The second-order valence-corrected chi connectivity index (χ2v) is 3.56. The maximum atomic E-state index is 10.9. The number of rotatable bonds is 0. The van der Waals surface area contributed by atoms with Crippen molar-refractivity contribution in [3.05, 3.63) is 0 Å². The van der Waals surface area contributed by atoms with Crippen LogP contribution in [0.15, 0.2) is 0 Å². The predicted molar refractivity (Wildman–Crippen MR) is 47.3 cm³/mol. The van der Waals surface area contributed by atoms with Crippen LogP contribution in [0.4, 0.5) is 0 Å². The van der Waals surface area contributed by atoms with Crippen molar-refractivity contribution in [3.63, 3.8) is 0 Å². The van der Waals surface area contributed by atoms with Gasteiger partial charge in [-0.15, -0.1) is 0 Å². The Bertz CT molecular complexity index is 215. The van der Waals surface area contributed by atoms with E-state index < -0.39 is 11.6 Å². The highest BCUT2D eigenvalue weighted by molar-refractivity contribution is 5.88. The smallest absolute Gasteiger partial charge is 0.384 e. The second-order valence-electron chi connectivity index (χ2n) is 3.56. The van der Waals surface area contributed by atoms with Crippen LogP contribution >= 0.6 is 0 Å². The van der Waals surface area contributed by atoms with E-state index in [1.54, 1.807) is 27.7 Å². The summed E-state index contributed by atoms with van der Waals surface area (Å²) < 4.78 is 4.92. The van der Waals surface area contributed by atoms with Gasteiger partial charge in [0.05, 0.1) is 6.04 Å². The van der Waals surface area contributed by atoms with Gasteiger partial charge in [-0.05, 0) is 27.7 Å². The topological polar surface area (TPSA) is 52.3 Å². The van der Waals surface area contributed by atoms with Crippen LogP contribution in [0, 0.1) is 11.8 Å². The molecule has 1 atom stereocenters. The van der Waals surface area contributed by atoms with Crippen LogP contribution in [0.5, 0.6) is 0 Å². The molecule has 3 nitrogen and oxygen atoms in total. The first-order valence-electron chi connectivity index (χ1n) is 3.81. The molecule has 1 unspecified atom stereocenters. The number of hydrogen-bond acceptors (Lipinski definition) is 3. The zero-order chi connectivity index (χ0) is 9.78. The van der Waals surface area contributed by atoms with Crippen LogP contribution in [0.1, 0.15) is 27.7 Å². The Balaban J connectivity index is 4.02. The number of esters is 1. The van der Waals surface area contributed by atoms with Gasteiger partial charge in [0, 0.05) is 5.92 Å². The summed E-state index contributed by atoms with van der Waals surface area (Å²) in [5.41, 5.74) is 4.84. The monoisotopic (exact) mass is 169 g/mol. The highest BCUT2D eigenvalue weighted by Crippen LogP contribution is 2.05. The summed E-state index contributed by atoms with van der Waals surface area (Å²) in [6.07, 6.45) is 0. The highest BCUT2D eigenvalue weighted by atomic mass is 16.6. The third kappa shape index (κ3) is 7.10. The average molecular weight is 169 g/mol. The van der Waals surface area contributed by atoms with Gasteiger partial charge in [0.1, 0.15) is 5.60 Å². The van der Waals surface area contributed by atoms with Gasteiger partial charge in [0.15, 0.2) is 0 Å². The first-order valence-corrected chi connectivity index (χ1v) is 3.81. The molecule has 12 heavy (non-hydrogen) atoms. The van der Waals surface area contributed by atoms with E-state index in [1.165, 1.54) is 0 Å². The van der Waals surface area contributed by atoms with Crippen molar-refractivity contribution in [2.75, 3.05) is 0 Å².